The molecule has 0 aromatic heterocycles. The topological polar surface area (TPSA) is 63.7 Å². The Kier molecular flexibility index (Phi) is 10.2. The van der Waals surface area contributed by atoms with E-state index in [4.69, 9.17) is 4.74 Å². The third-order valence-corrected chi connectivity index (χ3v) is 6.76. The predicted octanol–water partition coefficient (Wildman–Crippen LogP) is 5.02. The first-order valence-electron chi connectivity index (χ1n) is 9.96. The summed E-state index contributed by atoms with van der Waals surface area (Å²) in [6.45, 7) is 6.02. The molecule has 29 heavy (non-hydrogen) atoms. The first-order valence-corrected chi connectivity index (χ1v) is 11.4. The van der Waals surface area contributed by atoms with Crippen LogP contribution in [0.1, 0.15) is 58.4 Å². The minimum absolute atomic E-state index is 0. The molecular weight excluding hydrogens is 386 g/mol. The van der Waals surface area contributed by atoms with Crippen molar-refractivity contribution < 1.29 is 17.9 Å². The summed E-state index contributed by atoms with van der Waals surface area (Å²) in [5.74, 6) is -0.843. The molecule has 1 aliphatic rings. The fourth-order valence-corrected chi connectivity index (χ4v) is 4.61. The highest BCUT2D eigenvalue weighted by atomic mass is 32.2. The molecule has 1 heterocycles. The van der Waals surface area contributed by atoms with E-state index in [0.29, 0.717) is 0 Å². The Balaban J connectivity index is 0.00000420. The molecule has 0 spiro atoms. The lowest BCUT2D eigenvalue weighted by Gasteiger charge is -2.19. The van der Waals surface area contributed by atoms with Crippen molar-refractivity contribution in [1.82, 2.24) is 4.90 Å². The number of hydrogen-bond acceptors (Lipinski definition) is 5. The van der Waals surface area contributed by atoms with E-state index in [1.54, 1.807) is 18.2 Å². The van der Waals surface area contributed by atoms with Gasteiger partial charge in [-0.05, 0) is 50.5 Å². The zero-order chi connectivity index (χ0) is 20.6. The first-order chi connectivity index (χ1) is 13.4. The van der Waals surface area contributed by atoms with Crippen molar-refractivity contribution in [2.24, 2.45) is 0 Å². The van der Waals surface area contributed by atoms with Gasteiger partial charge in [0.05, 0.1) is 12.0 Å². The van der Waals surface area contributed by atoms with E-state index in [0.717, 1.165) is 43.6 Å². The quantitative estimate of drug-likeness (QED) is 0.318. The molecule has 0 bridgehead atoms. The van der Waals surface area contributed by atoms with E-state index in [-0.39, 0.29) is 17.2 Å². The lowest BCUT2D eigenvalue weighted by atomic mass is 10.2. The number of likely N-dealkylation sites (tertiary alicyclic amines) is 1. The summed E-state index contributed by atoms with van der Waals surface area (Å²) in [6.07, 6.45) is 9.87. The molecule has 0 aliphatic carbocycles. The SMILES string of the molecule is C.CCCCCCN1CCC/C1=C\C=C(/C(=O)OC)S(=O)(=O)c1ccc(C)cc1. The smallest absolute Gasteiger partial charge is 0.349 e. The van der Waals surface area contributed by atoms with Crippen molar-refractivity contribution in [3.8, 4) is 0 Å². The van der Waals surface area contributed by atoms with Crippen molar-refractivity contribution in [1.29, 1.82) is 0 Å². The molecule has 5 nitrogen and oxygen atoms in total. The van der Waals surface area contributed by atoms with E-state index in [9.17, 15) is 13.2 Å². The minimum Gasteiger partial charge on any atom is -0.465 e. The second-order valence-corrected chi connectivity index (χ2v) is 9.07. The third kappa shape index (κ3) is 6.74. The van der Waals surface area contributed by atoms with Crippen LogP contribution < -0.4 is 0 Å². The standard InChI is InChI=1S/C22H31NO4S.CH4/c1-4-5-6-7-16-23-17-8-9-19(23)12-15-21(22(24)27-3)28(25,26)20-13-10-18(2)11-14-20;/h10-15H,4-9,16-17H2,1-3H3;1H4/b19-12+,21-15+;. The molecule has 1 aromatic rings. The lowest BCUT2D eigenvalue weighted by Crippen LogP contribution is -2.19. The van der Waals surface area contributed by atoms with Gasteiger partial charge in [0.15, 0.2) is 4.91 Å². The molecule has 0 amide bonds. The number of carbonyl (C=O) groups is 1. The average molecular weight is 422 g/mol. The van der Waals surface area contributed by atoms with E-state index < -0.39 is 15.8 Å². The summed E-state index contributed by atoms with van der Waals surface area (Å²) in [6, 6.07) is 6.47. The summed E-state index contributed by atoms with van der Waals surface area (Å²) in [5, 5.41) is 0. The molecule has 1 aliphatic heterocycles. The van der Waals surface area contributed by atoms with Gasteiger partial charge < -0.3 is 9.64 Å². The van der Waals surface area contributed by atoms with Crippen LogP contribution in [0.2, 0.25) is 0 Å². The summed E-state index contributed by atoms with van der Waals surface area (Å²) >= 11 is 0. The van der Waals surface area contributed by atoms with Crippen molar-refractivity contribution in [3.63, 3.8) is 0 Å². The van der Waals surface area contributed by atoms with E-state index >= 15 is 0 Å². The maximum absolute atomic E-state index is 13.0. The second kappa shape index (κ2) is 11.8. The molecular formula is C23H35NO4S. The van der Waals surface area contributed by atoms with E-state index in [2.05, 4.69) is 11.8 Å². The number of carbonyl (C=O) groups excluding carboxylic acids is 1. The van der Waals surface area contributed by atoms with Crippen LogP contribution in [-0.2, 0) is 19.4 Å². The number of sulfone groups is 1. The van der Waals surface area contributed by atoms with Crippen LogP contribution in [0, 0.1) is 6.92 Å². The monoisotopic (exact) mass is 421 g/mol. The van der Waals surface area contributed by atoms with Crippen LogP contribution in [-0.4, -0.2) is 39.5 Å². The van der Waals surface area contributed by atoms with Gasteiger partial charge >= 0.3 is 5.97 Å². The zero-order valence-electron chi connectivity index (χ0n) is 17.1. The maximum atomic E-state index is 13.0. The number of hydrogen-bond donors (Lipinski definition) is 0. The Bertz CT molecular complexity index is 823. The van der Waals surface area contributed by atoms with Gasteiger partial charge in [0.1, 0.15) is 0 Å². The molecule has 0 atom stereocenters. The number of nitrogens with zero attached hydrogens (tertiary/aromatic N) is 1. The number of esters is 1. The van der Waals surface area contributed by atoms with Gasteiger partial charge in [-0.25, -0.2) is 13.2 Å². The second-order valence-electron chi connectivity index (χ2n) is 7.15. The van der Waals surface area contributed by atoms with E-state index in [1.807, 2.05) is 6.92 Å². The molecule has 0 saturated carbocycles. The van der Waals surface area contributed by atoms with Crippen molar-refractivity contribution in [3.05, 3.63) is 52.6 Å². The zero-order valence-corrected chi connectivity index (χ0v) is 17.9. The Morgan fingerprint density at radius 2 is 1.86 bits per heavy atom. The number of methoxy groups -OCH3 is 1. The molecule has 2 rings (SSSR count). The van der Waals surface area contributed by atoms with Crippen LogP contribution in [0.5, 0.6) is 0 Å². The predicted molar refractivity (Wildman–Crippen MR) is 118 cm³/mol. The summed E-state index contributed by atoms with van der Waals surface area (Å²) in [7, 11) is -2.74. The normalized spacial score (nSPS) is 16.0. The number of aryl methyl sites for hydroxylation is 1. The summed E-state index contributed by atoms with van der Waals surface area (Å²) < 4.78 is 30.7. The van der Waals surface area contributed by atoms with Gasteiger partial charge in [-0.1, -0.05) is 51.3 Å². The van der Waals surface area contributed by atoms with Gasteiger partial charge in [0, 0.05) is 18.8 Å². The molecule has 0 unspecified atom stereocenters. The number of rotatable bonds is 9. The Hall–Kier alpha value is -2.08. The Morgan fingerprint density at radius 3 is 2.48 bits per heavy atom. The van der Waals surface area contributed by atoms with Crippen molar-refractivity contribution in [2.45, 2.75) is 64.7 Å². The van der Waals surface area contributed by atoms with Gasteiger partial charge in [-0.2, -0.15) is 0 Å². The van der Waals surface area contributed by atoms with Gasteiger partial charge in [-0.3, -0.25) is 0 Å². The van der Waals surface area contributed by atoms with Crippen LogP contribution in [0.4, 0.5) is 0 Å². The number of allylic oxidation sites excluding steroid dienone is 3. The molecule has 0 radical (unpaired) electrons. The molecule has 6 heteroatoms. The van der Waals surface area contributed by atoms with Gasteiger partial charge in [0.25, 0.3) is 0 Å². The van der Waals surface area contributed by atoms with Crippen LogP contribution in [0.15, 0.2) is 51.9 Å². The molecule has 1 aromatic carbocycles. The van der Waals surface area contributed by atoms with E-state index in [1.165, 1.54) is 44.6 Å². The van der Waals surface area contributed by atoms with Crippen molar-refractivity contribution >= 4 is 15.8 Å². The maximum Gasteiger partial charge on any atom is 0.349 e. The highest BCUT2D eigenvalue weighted by Gasteiger charge is 2.27. The molecule has 0 N–H and O–H groups in total. The van der Waals surface area contributed by atoms with Gasteiger partial charge in [0.2, 0.25) is 9.84 Å². The fraction of sp³-hybridized carbons (Fsp3) is 0.522. The van der Waals surface area contributed by atoms with Crippen LogP contribution in [0.25, 0.3) is 0 Å². The number of unbranched alkanes of at least 4 members (excludes halogenated alkanes) is 3. The van der Waals surface area contributed by atoms with Crippen molar-refractivity contribution in [2.75, 3.05) is 20.2 Å². The fourth-order valence-electron chi connectivity index (χ4n) is 3.31. The van der Waals surface area contributed by atoms with Crippen LogP contribution >= 0.6 is 0 Å². The minimum atomic E-state index is -3.94. The highest BCUT2D eigenvalue weighted by molar-refractivity contribution is 7.96. The number of benzene rings is 1. The van der Waals surface area contributed by atoms with Gasteiger partial charge in [-0.15, -0.1) is 0 Å². The first kappa shape index (κ1) is 25.0. The Labute approximate surface area is 176 Å². The number of ether oxygens (including phenoxy) is 1. The molecule has 1 saturated heterocycles. The largest absolute Gasteiger partial charge is 0.465 e. The Morgan fingerprint density at radius 1 is 1.17 bits per heavy atom. The summed E-state index contributed by atoms with van der Waals surface area (Å²) in [4.78, 5) is 14.3. The highest BCUT2D eigenvalue weighted by Crippen LogP contribution is 2.25. The van der Waals surface area contributed by atoms with Crippen LogP contribution in [0.3, 0.4) is 0 Å². The lowest BCUT2D eigenvalue weighted by molar-refractivity contribution is -0.135. The average Bonchev–Trinajstić information content (AvgIpc) is 3.12. The summed E-state index contributed by atoms with van der Waals surface area (Å²) in [5.41, 5.74) is 2.03. The third-order valence-electron chi connectivity index (χ3n) is 4.98. The molecule has 162 valence electrons. The molecule has 1 fully saturated rings.